The molecular weight excluding hydrogens is 306 g/mol. The molecule has 0 spiro atoms. The van der Waals surface area contributed by atoms with Gasteiger partial charge >= 0.3 is 0 Å². The van der Waals surface area contributed by atoms with Gasteiger partial charge in [0.15, 0.2) is 9.84 Å². The number of sulfone groups is 1. The van der Waals surface area contributed by atoms with E-state index in [2.05, 4.69) is 21.2 Å². The average Bonchev–Trinajstić information content (AvgIpc) is 2.29. The monoisotopic (exact) mass is 321 g/mol. The van der Waals surface area contributed by atoms with Crippen molar-refractivity contribution in [1.82, 2.24) is 5.32 Å². The van der Waals surface area contributed by atoms with E-state index in [1.807, 2.05) is 0 Å². The predicted octanol–water partition coefficient (Wildman–Crippen LogP) is 1.84. The van der Waals surface area contributed by atoms with Crippen molar-refractivity contribution in [3.63, 3.8) is 0 Å². The second-order valence-corrected chi connectivity index (χ2v) is 6.54. The second-order valence-electron chi connectivity index (χ2n) is 3.57. The summed E-state index contributed by atoms with van der Waals surface area (Å²) in [6.45, 7) is 0.691. The second kappa shape index (κ2) is 6.37. The summed E-state index contributed by atoms with van der Waals surface area (Å²) < 4.78 is 29.6. The molecule has 0 aromatic heterocycles. The molecule has 0 amide bonds. The topological polar surface area (TPSA) is 55.4 Å². The summed E-state index contributed by atoms with van der Waals surface area (Å²) in [5.41, 5.74) is 0. The highest BCUT2D eigenvalue weighted by molar-refractivity contribution is 9.10. The van der Waals surface area contributed by atoms with Gasteiger partial charge in [0.25, 0.3) is 0 Å². The van der Waals surface area contributed by atoms with Gasteiger partial charge in [0.2, 0.25) is 0 Å². The lowest BCUT2D eigenvalue weighted by Gasteiger charge is -2.07. The van der Waals surface area contributed by atoms with Crippen LogP contribution in [-0.2, 0) is 9.84 Å². The van der Waals surface area contributed by atoms with E-state index < -0.39 is 9.84 Å². The largest absolute Gasteiger partial charge is 0.496 e. The van der Waals surface area contributed by atoms with E-state index in [1.54, 1.807) is 32.4 Å². The van der Waals surface area contributed by atoms with Crippen molar-refractivity contribution in [2.24, 2.45) is 0 Å². The van der Waals surface area contributed by atoms with Crippen LogP contribution in [0.1, 0.15) is 6.42 Å². The number of benzene rings is 1. The van der Waals surface area contributed by atoms with Crippen LogP contribution >= 0.6 is 15.9 Å². The third-order valence-corrected chi connectivity index (χ3v) is 4.74. The van der Waals surface area contributed by atoms with Gasteiger partial charge < -0.3 is 10.1 Å². The number of ether oxygens (including phenoxy) is 1. The van der Waals surface area contributed by atoms with Crippen LogP contribution < -0.4 is 10.1 Å². The van der Waals surface area contributed by atoms with E-state index in [-0.39, 0.29) is 5.75 Å². The fraction of sp³-hybridized carbons (Fsp3) is 0.455. The lowest BCUT2D eigenvalue weighted by Crippen LogP contribution is -2.14. The first kappa shape index (κ1) is 14.5. The van der Waals surface area contributed by atoms with Crippen molar-refractivity contribution < 1.29 is 13.2 Å². The molecule has 0 unspecified atom stereocenters. The van der Waals surface area contributed by atoms with Gasteiger partial charge in [0, 0.05) is 0 Å². The smallest absolute Gasteiger partial charge is 0.178 e. The maximum absolute atomic E-state index is 12.0. The number of nitrogens with one attached hydrogen (secondary N) is 1. The fourth-order valence-electron chi connectivity index (χ4n) is 1.40. The SMILES string of the molecule is CNCCCS(=O)(=O)c1ccc(OC)c(Br)c1. The number of methoxy groups -OCH3 is 1. The van der Waals surface area contributed by atoms with Crippen molar-refractivity contribution in [2.75, 3.05) is 26.5 Å². The van der Waals surface area contributed by atoms with Crippen LogP contribution in [0.15, 0.2) is 27.6 Å². The van der Waals surface area contributed by atoms with Crippen molar-refractivity contribution in [1.29, 1.82) is 0 Å². The zero-order chi connectivity index (χ0) is 12.9. The summed E-state index contributed by atoms with van der Waals surface area (Å²) in [5, 5.41) is 2.93. The summed E-state index contributed by atoms with van der Waals surface area (Å²) in [5.74, 6) is 0.770. The number of hydrogen-bond donors (Lipinski definition) is 1. The van der Waals surface area contributed by atoms with E-state index in [1.165, 1.54) is 0 Å². The van der Waals surface area contributed by atoms with Crippen LogP contribution in [0, 0.1) is 0 Å². The van der Waals surface area contributed by atoms with Gasteiger partial charge in [-0.1, -0.05) is 0 Å². The highest BCUT2D eigenvalue weighted by Crippen LogP contribution is 2.27. The molecule has 0 fully saturated rings. The van der Waals surface area contributed by atoms with E-state index in [4.69, 9.17) is 4.74 Å². The quantitative estimate of drug-likeness (QED) is 0.812. The van der Waals surface area contributed by atoms with Gasteiger partial charge in [0.1, 0.15) is 5.75 Å². The summed E-state index contributed by atoms with van der Waals surface area (Å²) in [4.78, 5) is 0.321. The summed E-state index contributed by atoms with van der Waals surface area (Å²) in [7, 11) is 0.139. The Morgan fingerprint density at radius 3 is 2.65 bits per heavy atom. The summed E-state index contributed by atoms with van der Waals surface area (Å²) >= 11 is 3.28. The van der Waals surface area contributed by atoms with Crippen molar-refractivity contribution >= 4 is 25.8 Å². The standard InChI is InChI=1S/C11H16BrNO3S/c1-13-6-3-7-17(14,15)9-4-5-11(16-2)10(12)8-9/h4-5,8,13H,3,6-7H2,1-2H3. The zero-order valence-corrected chi connectivity index (χ0v) is 12.3. The average molecular weight is 322 g/mol. The normalized spacial score (nSPS) is 11.5. The van der Waals surface area contributed by atoms with Crippen molar-refractivity contribution in [3.8, 4) is 5.75 Å². The van der Waals surface area contributed by atoms with Crippen molar-refractivity contribution in [3.05, 3.63) is 22.7 Å². The molecule has 0 saturated heterocycles. The maximum atomic E-state index is 12.0. The Morgan fingerprint density at radius 1 is 1.41 bits per heavy atom. The highest BCUT2D eigenvalue weighted by Gasteiger charge is 2.15. The van der Waals surface area contributed by atoms with Crippen LogP contribution in [0.4, 0.5) is 0 Å². The Bertz CT molecular complexity index is 474. The first-order valence-electron chi connectivity index (χ1n) is 5.22. The van der Waals surface area contributed by atoms with Crippen LogP contribution in [0.2, 0.25) is 0 Å². The van der Waals surface area contributed by atoms with Gasteiger partial charge in [-0.15, -0.1) is 0 Å². The minimum Gasteiger partial charge on any atom is -0.496 e. The zero-order valence-electron chi connectivity index (χ0n) is 9.86. The molecule has 0 saturated carbocycles. The molecule has 0 bridgehead atoms. The summed E-state index contributed by atoms with van der Waals surface area (Å²) in [6, 6.07) is 4.79. The van der Waals surface area contributed by atoms with Crippen LogP contribution in [0.3, 0.4) is 0 Å². The Morgan fingerprint density at radius 2 is 2.12 bits per heavy atom. The van der Waals surface area contributed by atoms with Crippen LogP contribution in [0.25, 0.3) is 0 Å². The molecule has 96 valence electrons. The number of halogens is 1. The van der Waals surface area contributed by atoms with Crippen molar-refractivity contribution in [2.45, 2.75) is 11.3 Å². The predicted molar refractivity (Wildman–Crippen MR) is 71.3 cm³/mol. The molecule has 0 atom stereocenters. The molecule has 1 aromatic carbocycles. The van der Waals surface area contributed by atoms with E-state index in [0.29, 0.717) is 28.1 Å². The first-order chi connectivity index (χ1) is 8.01. The molecule has 0 radical (unpaired) electrons. The Balaban J connectivity index is 2.88. The summed E-state index contributed by atoms with van der Waals surface area (Å²) in [6.07, 6.45) is 0.600. The first-order valence-corrected chi connectivity index (χ1v) is 7.66. The molecule has 1 N–H and O–H groups in total. The molecular formula is C11H16BrNO3S. The molecule has 0 aliphatic heterocycles. The molecule has 4 nitrogen and oxygen atoms in total. The molecule has 17 heavy (non-hydrogen) atoms. The Kier molecular flexibility index (Phi) is 5.42. The van der Waals surface area contributed by atoms with Gasteiger partial charge in [0.05, 0.1) is 22.2 Å². The molecule has 1 aromatic rings. The van der Waals surface area contributed by atoms with Crippen LogP contribution in [0.5, 0.6) is 5.75 Å². The van der Waals surface area contributed by atoms with E-state index in [9.17, 15) is 8.42 Å². The van der Waals surface area contributed by atoms with E-state index >= 15 is 0 Å². The molecule has 1 rings (SSSR count). The minimum atomic E-state index is -3.21. The number of rotatable bonds is 6. The molecule has 6 heteroatoms. The van der Waals surface area contributed by atoms with Gasteiger partial charge in [-0.05, 0) is 54.1 Å². The fourth-order valence-corrected chi connectivity index (χ4v) is 3.42. The molecule has 0 heterocycles. The minimum absolute atomic E-state index is 0.145. The lowest BCUT2D eigenvalue weighted by atomic mass is 10.3. The number of hydrogen-bond acceptors (Lipinski definition) is 4. The van der Waals surface area contributed by atoms with Crippen LogP contribution in [-0.4, -0.2) is 34.9 Å². The van der Waals surface area contributed by atoms with Gasteiger partial charge in [-0.2, -0.15) is 0 Å². The van der Waals surface area contributed by atoms with Gasteiger partial charge in [-0.25, -0.2) is 8.42 Å². The Labute approximate surface area is 110 Å². The molecule has 0 aliphatic carbocycles. The molecule has 0 aliphatic rings. The Hall–Kier alpha value is -0.590. The third kappa shape index (κ3) is 3.97. The third-order valence-electron chi connectivity index (χ3n) is 2.32. The lowest BCUT2D eigenvalue weighted by molar-refractivity contribution is 0.411. The van der Waals surface area contributed by atoms with E-state index in [0.717, 1.165) is 0 Å². The highest BCUT2D eigenvalue weighted by atomic mass is 79.9. The maximum Gasteiger partial charge on any atom is 0.178 e. The van der Waals surface area contributed by atoms with Gasteiger partial charge in [-0.3, -0.25) is 0 Å².